The van der Waals surface area contributed by atoms with Crippen molar-refractivity contribution in [1.82, 2.24) is 5.32 Å². The van der Waals surface area contributed by atoms with Crippen LogP contribution >= 0.6 is 12.4 Å². The number of hydrogen-bond donors (Lipinski definition) is 1. The smallest absolute Gasteiger partial charge is 0.0700 e. The molecule has 1 unspecified atom stereocenters. The van der Waals surface area contributed by atoms with Gasteiger partial charge in [0.1, 0.15) is 0 Å². The first-order chi connectivity index (χ1) is 4.93. The highest BCUT2D eigenvalue weighted by atomic mass is 35.5. The highest BCUT2D eigenvalue weighted by Gasteiger charge is 2.11. The minimum atomic E-state index is 0. The molecular formula is C8H18ClNO. The predicted octanol–water partition coefficient (Wildman–Crippen LogP) is 1.59. The fourth-order valence-electron chi connectivity index (χ4n) is 1.24. The first-order valence-electron chi connectivity index (χ1n) is 4.26. The van der Waals surface area contributed by atoms with E-state index < -0.39 is 0 Å². The SMILES string of the molecule is CCCCC1CNCCO1.Cl. The fourth-order valence-corrected chi connectivity index (χ4v) is 1.24. The molecule has 1 N–H and O–H groups in total. The van der Waals surface area contributed by atoms with E-state index >= 15 is 0 Å². The van der Waals surface area contributed by atoms with Crippen molar-refractivity contribution in [3.63, 3.8) is 0 Å². The maximum Gasteiger partial charge on any atom is 0.0700 e. The molecule has 0 saturated carbocycles. The third-order valence-electron chi connectivity index (χ3n) is 1.88. The van der Waals surface area contributed by atoms with Gasteiger partial charge in [-0.1, -0.05) is 19.8 Å². The van der Waals surface area contributed by atoms with Crippen molar-refractivity contribution >= 4 is 12.4 Å². The minimum absolute atomic E-state index is 0. The highest BCUT2D eigenvalue weighted by molar-refractivity contribution is 5.85. The molecule has 0 aromatic heterocycles. The molecule has 2 nitrogen and oxygen atoms in total. The van der Waals surface area contributed by atoms with E-state index in [0.717, 1.165) is 19.7 Å². The van der Waals surface area contributed by atoms with E-state index in [9.17, 15) is 0 Å². The van der Waals surface area contributed by atoms with Crippen molar-refractivity contribution in [3.8, 4) is 0 Å². The van der Waals surface area contributed by atoms with Gasteiger partial charge in [-0.15, -0.1) is 12.4 Å². The predicted molar refractivity (Wildman–Crippen MR) is 49.4 cm³/mol. The Balaban J connectivity index is 0.000001000. The Kier molecular flexibility index (Phi) is 7.02. The third-order valence-corrected chi connectivity index (χ3v) is 1.88. The number of hydrogen-bond acceptors (Lipinski definition) is 2. The van der Waals surface area contributed by atoms with Gasteiger partial charge in [-0.2, -0.15) is 0 Å². The van der Waals surface area contributed by atoms with Crippen LogP contribution in [-0.2, 0) is 4.74 Å². The van der Waals surface area contributed by atoms with Crippen LogP contribution in [-0.4, -0.2) is 25.8 Å². The molecule has 0 bridgehead atoms. The van der Waals surface area contributed by atoms with Gasteiger partial charge in [-0.05, 0) is 6.42 Å². The molecule has 1 fully saturated rings. The second-order valence-electron chi connectivity index (χ2n) is 2.84. The van der Waals surface area contributed by atoms with Gasteiger partial charge in [0.05, 0.1) is 12.7 Å². The first-order valence-corrected chi connectivity index (χ1v) is 4.26. The van der Waals surface area contributed by atoms with Crippen molar-refractivity contribution in [2.75, 3.05) is 19.7 Å². The van der Waals surface area contributed by atoms with Crippen LogP contribution in [0.5, 0.6) is 0 Å². The van der Waals surface area contributed by atoms with Gasteiger partial charge in [-0.3, -0.25) is 0 Å². The van der Waals surface area contributed by atoms with Crippen LogP contribution in [0.25, 0.3) is 0 Å². The quantitative estimate of drug-likeness (QED) is 0.711. The normalized spacial score (nSPS) is 24.3. The molecule has 0 aromatic rings. The molecule has 1 heterocycles. The molecular weight excluding hydrogens is 162 g/mol. The summed E-state index contributed by atoms with van der Waals surface area (Å²) in [7, 11) is 0. The van der Waals surface area contributed by atoms with E-state index in [1.54, 1.807) is 0 Å². The number of morpholine rings is 1. The van der Waals surface area contributed by atoms with Crippen molar-refractivity contribution in [2.24, 2.45) is 0 Å². The molecule has 0 amide bonds. The Morgan fingerprint density at radius 3 is 2.91 bits per heavy atom. The second kappa shape index (κ2) is 6.89. The van der Waals surface area contributed by atoms with E-state index in [1.807, 2.05) is 0 Å². The molecule has 68 valence electrons. The maximum absolute atomic E-state index is 5.52. The largest absolute Gasteiger partial charge is 0.376 e. The fraction of sp³-hybridized carbons (Fsp3) is 1.00. The summed E-state index contributed by atoms with van der Waals surface area (Å²) in [4.78, 5) is 0. The van der Waals surface area contributed by atoms with E-state index in [4.69, 9.17) is 4.74 Å². The third kappa shape index (κ3) is 4.62. The Morgan fingerprint density at radius 2 is 2.36 bits per heavy atom. The Hall–Kier alpha value is 0.210. The van der Waals surface area contributed by atoms with Crippen molar-refractivity contribution in [3.05, 3.63) is 0 Å². The second-order valence-corrected chi connectivity index (χ2v) is 2.84. The van der Waals surface area contributed by atoms with Gasteiger partial charge in [-0.25, -0.2) is 0 Å². The number of nitrogens with one attached hydrogen (secondary N) is 1. The number of ether oxygens (including phenoxy) is 1. The summed E-state index contributed by atoms with van der Waals surface area (Å²) in [5.41, 5.74) is 0. The molecule has 0 aromatic carbocycles. The highest BCUT2D eigenvalue weighted by Crippen LogP contribution is 2.05. The van der Waals surface area contributed by atoms with Crippen LogP contribution < -0.4 is 5.32 Å². The number of halogens is 1. The summed E-state index contributed by atoms with van der Waals surface area (Å²) in [6.07, 6.45) is 4.30. The summed E-state index contributed by atoms with van der Waals surface area (Å²) >= 11 is 0. The summed E-state index contributed by atoms with van der Waals surface area (Å²) in [5, 5.41) is 3.32. The van der Waals surface area contributed by atoms with Crippen LogP contribution in [0.4, 0.5) is 0 Å². The van der Waals surface area contributed by atoms with Gasteiger partial charge >= 0.3 is 0 Å². The van der Waals surface area contributed by atoms with Crippen molar-refractivity contribution < 1.29 is 4.74 Å². The molecule has 1 atom stereocenters. The van der Waals surface area contributed by atoms with E-state index in [-0.39, 0.29) is 12.4 Å². The zero-order valence-corrected chi connectivity index (χ0v) is 7.95. The summed E-state index contributed by atoms with van der Waals surface area (Å²) in [5.74, 6) is 0. The molecule has 1 saturated heterocycles. The van der Waals surface area contributed by atoms with Gasteiger partial charge in [0.15, 0.2) is 0 Å². The van der Waals surface area contributed by atoms with Gasteiger partial charge in [0.2, 0.25) is 0 Å². The standard InChI is InChI=1S/C8H17NO.ClH/c1-2-3-4-8-7-9-5-6-10-8;/h8-9H,2-7H2,1H3;1H. The summed E-state index contributed by atoms with van der Waals surface area (Å²) in [6, 6.07) is 0. The lowest BCUT2D eigenvalue weighted by Crippen LogP contribution is -2.38. The van der Waals surface area contributed by atoms with Gasteiger partial charge in [0, 0.05) is 13.1 Å². The zero-order chi connectivity index (χ0) is 7.23. The molecule has 0 radical (unpaired) electrons. The van der Waals surface area contributed by atoms with E-state index in [2.05, 4.69) is 12.2 Å². The lowest BCUT2D eigenvalue weighted by atomic mass is 10.1. The first kappa shape index (κ1) is 11.2. The maximum atomic E-state index is 5.52. The number of rotatable bonds is 3. The molecule has 3 heteroatoms. The van der Waals surface area contributed by atoms with Crippen LogP contribution in [0.3, 0.4) is 0 Å². The lowest BCUT2D eigenvalue weighted by molar-refractivity contribution is 0.0223. The molecule has 1 aliphatic heterocycles. The molecule has 0 aliphatic carbocycles. The van der Waals surface area contributed by atoms with Crippen LogP contribution in [0.1, 0.15) is 26.2 Å². The summed E-state index contributed by atoms with van der Waals surface area (Å²) < 4.78 is 5.52. The molecule has 11 heavy (non-hydrogen) atoms. The monoisotopic (exact) mass is 179 g/mol. The topological polar surface area (TPSA) is 21.3 Å². The Bertz CT molecular complexity index is 84.2. The average Bonchev–Trinajstić information content (AvgIpc) is 2.03. The summed E-state index contributed by atoms with van der Waals surface area (Å²) in [6.45, 7) is 5.20. The lowest BCUT2D eigenvalue weighted by Gasteiger charge is -2.23. The van der Waals surface area contributed by atoms with Crippen molar-refractivity contribution in [1.29, 1.82) is 0 Å². The Morgan fingerprint density at radius 1 is 1.55 bits per heavy atom. The van der Waals surface area contributed by atoms with Crippen LogP contribution in [0.15, 0.2) is 0 Å². The molecule has 1 aliphatic rings. The van der Waals surface area contributed by atoms with Gasteiger partial charge in [0.25, 0.3) is 0 Å². The van der Waals surface area contributed by atoms with E-state index in [1.165, 1.54) is 19.3 Å². The van der Waals surface area contributed by atoms with E-state index in [0.29, 0.717) is 6.10 Å². The minimum Gasteiger partial charge on any atom is -0.376 e. The van der Waals surface area contributed by atoms with Crippen LogP contribution in [0, 0.1) is 0 Å². The Labute approximate surface area is 75.1 Å². The van der Waals surface area contributed by atoms with Gasteiger partial charge < -0.3 is 10.1 Å². The van der Waals surface area contributed by atoms with Crippen molar-refractivity contribution in [2.45, 2.75) is 32.3 Å². The number of unbranched alkanes of at least 4 members (excludes halogenated alkanes) is 1. The molecule has 0 spiro atoms. The molecule has 1 rings (SSSR count). The zero-order valence-electron chi connectivity index (χ0n) is 7.14. The van der Waals surface area contributed by atoms with Crippen LogP contribution in [0.2, 0.25) is 0 Å². The average molecular weight is 180 g/mol.